The summed E-state index contributed by atoms with van der Waals surface area (Å²) in [4.78, 5) is 8.36. The van der Waals surface area contributed by atoms with Gasteiger partial charge in [-0.25, -0.2) is 4.98 Å². The van der Waals surface area contributed by atoms with Gasteiger partial charge in [0.05, 0.1) is 29.0 Å². The van der Waals surface area contributed by atoms with Crippen molar-refractivity contribution in [3.05, 3.63) is 40.8 Å². The van der Waals surface area contributed by atoms with Gasteiger partial charge in [-0.15, -0.1) is 0 Å². The van der Waals surface area contributed by atoms with E-state index in [1.54, 1.807) is 18.2 Å². The van der Waals surface area contributed by atoms with Gasteiger partial charge in [0, 0.05) is 10.8 Å². The van der Waals surface area contributed by atoms with Crippen LogP contribution in [0.3, 0.4) is 0 Å². The zero-order chi connectivity index (χ0) is 14.8. The van der Waals surface area contributed by atoms with Crippen LogP contribution in [0.4, 0.5) is 0 Å². The Balaban J connectivity index is 1.95. The molecule has 0 spiro atoms. The van der Waals surface area contributed by atoms with Crippen LogP contribution in [0, 0.1) is 22.7 Å². The third-order valence-electron chi connectivity index (χ3n) is 3.26. The van der Waals surface area contributed by atoms with E-state index in [1.165, 1.54) is 11.8 Å². The number of nitrogens with zero attached hydrogens (tertiary/aromatic N) is 3. The van der Waals surface area contributed by atoms with Crippen LogP contribution in [-0.4, -0.2) is 15.1 Å². The van der Waals surface area contributed by atoms with E-state index in [0.717, 1.165) is 28.5 Å². The molecule has 1 fully saturated rings. The third kappa shape index (κ3) is 2.92. The summed E-state index contributed by atoms with van der Waals surface area (Å²) in [6, 6.07) is 9.18. The number of nitrogens with one attached hydrogen (secondary N) is 1. The second kappa shape index (κ2) is 5.61. The molecular formula is C15H12N4OS. The van der Waals surface area contributed by atoms with Crippen LogP contribution in [0.5, 0.6) is 0 Å². The summed E-state index contributed by atoms with van der Waals surface area (Å²) >= 11 is 1.42. The zero-order valence-electron chi connectivity index (χ0n) is 11.1. The topological polar surface area (TPSA) is 96.5 Å². The van der Waals surface area contributed by atoms with Crippen molar-refractivity contribution < 1.29 is 5.11 Å². The molecule has 1 saturated carbocycles. The number of H-pyrrole nitrogens is 1. The first-order valence-electron chi connectivity index (χ1n) is 6.56. The van der Waals surface area contributed by atoms with Crippen LogP contribution >= 0.6 is 11.8 Å². The summed E-state index contributed by atoms with van der Waals surface area (Å²) in [5.41, 5.74) is 1.97. The van der Waals surface area contributed by atoms with Crippen LogP contribution in [0.1, 0.15) is 41.4 Å². The molecule has 1 aliphatic rings. The largest absolute Gasteiger partial charge is 0.388 e. The number of aliphatic hydroxyl groups excluding tert-OH is 1. The first-order valence-corrected chi connectivity index (χ1v) is 7.38. The molecule has 1 aliphatic carbocycles. The summed E-state index contributed by atoms with van der Waals surface area (Å²) in [5.74, 6) is 1.03. The second-order valence-electron chi connectivity index (χ2n) is 4.91. The van der Waals surface area contributed by atoms with Crippen molar-refractivity contribution in [2.24, 2.45) is 0 Å². The first-order chi connectivity index (χ1) is 10.2. The highest BCUT2D eigenvalue weighted by molar-refractivity contribution is 7.99. The lowest BCUT2D eigenvalue weighted by molar-refractivity contribution is 0.272. The van der Waals surface area contributed by atoms with Gasteiger partial charge >= 0.3 is 0 Å². The van der Waals surface area contributed by atoms with Gasteiger partial charge in [-0.3, -0.25) is 0 Å². The first kappa shape index (κ1) is 13.7. The Morgan fingerprint density at radius 1 is 1.24 bits per heavy atom. The number of hydrogen-bond donors (Lipinski definition) is 2. The summed E-state index contributed by atoms with van der Waals surface area (Å²) in [5, 5.41) is 28.1. The van der Waals surface area contributed by atoms with Gasteiger partial charge in [-0.1, -0.05) is 11.8 Å². The van der Waals surface area contributed by atoms with Crippen molar-refractivity contribution in [2.75, 3.05) is 0 Å². The fourth-order valence-corrected chi connectivity index (χ4v) is 3.20. The van der Waals surface area contributed by atoms with E-state index in [4.69, 9.17) is 10.5 Å². The van der Waals surface area contributed by atoms with Crippen LogP contribution in [0.25, 0.3) is 0 Å². The summed E-state index contributed by atoms with van der Waals surface area (Å²) in [6.45, 7) is -0.123. The van der Waals surface area contributed by atoms with Gasteiger partial charge in [0.25, 0.3) is 0 Å². The maximum absolute atomic E-state index is 9.22. The fourth-order valence-electron chi connectivity index (χ4n) is 2.12. The molecule has 0 unspecified atom stereocenters. The molecule has 0 radical (unpaired) electrons. The van der Waals surface area contributed by atoms with Gasteiger partial charge in [-0.05, 0) is 31.0 Å². The Hall–Kier alpha value is -2.28. The Morgan fingerprint density at radius 3 is 2.43 bits per heavy atom. The van der Waals surface area contributed by atoms with Gasteiger partial charge in [-0.2, -0.15) is 10.5 Å². The maximum Gasteiger partial charge on any atom is 0.133 e. The molecule has 5 nitrogen and oxygen atoms in total. The SMILES string of the molecule is N#Cc1cc(C#N)cc(Sc2nc(CO)[nH]c2C2CC2)c1. The molecule has 2 N–H and O–H groups in total. The van der Waals surface area contributed by atoms with Gasteiger partial charge in [0.15, 0.2) is 0 Å². The van der Waals surface area contributed by atoms with Crippen LogP contribution in [0.2, 0.25) is 0 Å². The highest BCUT2D eigenvalue weighted by atomic mass is 32.2. The molecule has 1 aromatic carbocycles. The molecular weight excluding hydrogens is 284 g/mol. The second-order valence-corrected chi connectivity index (χ2v) is 5.97. The number of rotatable bonds is 4. The predicted molar refractivity (Wildman–Crippen MR) is 76.5 cm³/mol. The van der Waals surface area contributed by atoms with Gasteiger partial charge in [0.2, 0.25) is 0 Å². The molecule has 1 aromatic heterocycles. The molecule has 1 heterocycles. The van der Waals surface area contributed by atoms with Crippen molar-refractivity contribution in [1.29, 1.82) is 10.5 Å². The molecule has 2 aromatic rings. The highest BCUT2D eigenvalue weighted by Gasteiger charge is 2.29. The van der Waals surface area contributed by atoms with E-state index < -0.39 is 0 Å². The molecule has 6 heteroatoms. The monoisotopic (exact) mass is 296 g/mol. The Labute approximate surface area is 126 Å². The predicted octanol–water partition coefficient (Wildman–Crippen LogP) is 2.67. The number of imidazole rings is 1. The summed E-state index contributed by atoms with van der Waals surface area (Å²) < 4.78 is 0. The number of aromatic amines is 1. The minimum Gasteiger partial charge on any atom is -0.388 e. The number of hydrogen-bond acceptors (Lipinski definition) is 5. The Morgan fingerprint density at radius 2 is 1.90 bits per heavy atom. The maximum atomic E-state index is 9.22. The number of benzene rings is 1. The normalized spacial score (nSPS) is 13.7. The van der Waals surface area contributed by atoms with Crippen LogP contribution in [0.15, 0.2) is 28.1 Å². The van der Waals surface area contributed by atoms with Crippen molar-refractivity contribution in [3.8, 4) is 12.1 Å². The Kier molecular flexibility index (Phi) is 3.66. The lowest BCUT2D eigenvalue weighted by atomic mass is 10.1. The van der Waals surface area contributed by atoms with Crippen molar-refractivity contribution in [2.45, 2.75) is 35.3 Å². The molecule has 0 amide bonds. The number of aliphatic hydroxyl groups is 1. The smallest absolute Gasteiger partial charge is 0.133 e. The van der Waals surface area contributed by atoms with Crippen LogP contribution in [-0.2, 0) is 6.61 Å². The van der Waals surface area contributed by atoms with Crippen molar-refractivity contribution in [1.82, 2.24) is 9.97 Å². The Bertz CT molecular complexity index is 733. The average Bonchev–Trinajstić information content (AvgIpc) is 3.28. The van der Waals surface area contributed by atoms with E-state index >= 15 is 0 Å². The molecule has 0 aliphatic heterocycles. The standard InChI is InChI=1S/C15H12N4OS/c16-6-9-3-10(7-17)5-12(4-9)21-15-14(11-1-2-11)18-13(8-20)19-15/h3-5,11,20H,1-2,8H2,(H,18,19). The lowest BCUT2D eigenvalue weighted by Crippen LogP contribution is -1.85. The lowest BCUT2D eigenvalue weighted by Gasteiger charge is -2.02. The molecule has 21 heavy (non-hydrogen) atoms. The van der Waals surface area contributed by atoms with E-state index in [2.05, 4.69) is 22.1 Å². The summed E-state index contributed by atoms with van der Waals surface area (Å²) in [6.07, 6.45) is 2.25. The fraction of sp³-hybridized carbons (Fsp3) is 0.267. The molecule has 0 bridgehead atoms. The van der Waals surface area contributed by atoms with Crippen molar-refractivity contribution in [3.63, 3.8) is 0 Å². The minimum atomic E-state index is -0.123. The van der Waals surface area contributed by atoms with E-state index in [1.807, 2.05) is 0 Å². The van der Waals surface area contributed by atoms with E-state index in [0.29, 0.717) is 22.9 Å². The minimum absolute atomic E-state index is 0.123. The molecule has 3 rings (SSSR count). The quantitative estimate of drug-likeness (QED) is 0.904. The van der Waals surface area contributed by atoms with E-state index in [9.17, 15) is 5.11 Å². The number of aromatic nitrogens is 2. The highest BCUT2D eigenvalue weighted by Crippen LogP contribution is 2.44. The van der Waals surface area contributed by atoms with Crippen LogP contribution < -0.4 is 0 Å². The molecule has 104 valence electrons. The van der Waals surface area contributed by atoms with Crippen molar-refractivity contribution >= 4 is 11.8 Å². The third-order valence-corrected chi connectivity index (χ3v) is 4.24. The van der Waals surface area contributed by atoms with E-state index in [-0.39, 0.29) is 6.61 Å². The van der Waals surface area contributed by atoms with Gasteiger partial charge in [0.1, 0.15) is 17.5 Å². The molecule has 0 saturated heterocycles. The number of nitriles is 2. The summed E-state index contributed by atoms with van der Waals surface area (Å²) in [7, 11) is 0. The van der Waals surface area contributed by atoms with Gasteiger partial charge < -0.3 is 10.1 Å². The zero-order valence-corrected chi connectivity index (χ0v) is 11.9. The average molecular weight is 296 g/mol. The molecule has 0 atom stereocenters.